The number of nitrogens with one attached hydrogen (secondary N) is 1. The zero-order chi connectivity index (χ0) is 13.5. The number of ether oxygens (including phenoxy) is 1. The van der Waals surface area contributed by atoms with E-state index in [9.17, 15) is 4.79 Å². The Morgan fingerprint density at radius 1 is 1.63 bits per heavy atom. The molecule has 1 amide bonds. The van der Waals surface area contributed by atoms with Gasteiger partial charge in [-0.15, -0.1) is 0 Å². The molecule has 2 rings (SSSR count). The Kier molecular flexibility index (Phi) is 5.30. The van der Waals surface area contributed by atoms with Gasteiger partial charge in [0.2, 0.25) is 5.91 Å². The lowest BCUT2D eigenvalue weighted by Crippen LogP contribution is -2.33. The minimum atomic E-state index is 0.0332. The van der Waals surface area contributed by atoms with Crippen molar-refractivity contribution in [3.63, 3.8) is 0 Å². The molecule has 0 saturated carbocycles. The number of rotatable bonds is 4. The van der Waals surface area contributed by atoms with Crippen LogP contribution < -0.4 is 5.32 Å². The van der Waals surface area contributed by atoms with Crippen molar-refractivity contribution in [2.24, 2.45) is 0 Å². The van der Waals surface area contributed by atoms with E-state index >= 15 is 0 Å². The van der Waals surface area contributed by atoms with E-state index in [1.54, 1.807) is 12.4 Å². The van der Waals surface area contributed by atoms with Crippen molar-refractivity contribution in [2.75, 3.05) is 31.6 Å². The van der Waals surface area contributed by atoms with E-state index in [0.29, 0.717) is 6.42 Å². The molecule has 1 atom stereocenters. The molecule has 0 aliphatic carbocycles. The molecule has 5 heteroatoms. The second kappa shape index (κ2) is 7.21. The number of nitrogens with zero attached hydrogens (tertiary/aromatic N) is 2. The van der Waals surface area contributed by atoms with Gasteiger partial charge in [0.1, 0.15) is 0 Å². The van der Waals surface area contributed by atoms with Crippen LogP contribution in [0.1, 0.15) is 19.8 Å². The summed E-state index contributed by atoms with van der Waals surface area (Å²) in [7, 11) is 0. The zero-order valence-corrected chi connectivity index (χ0v) is 11.3. The third-order valence-corrected chi connectivity index (χ3v) is 3.14. The van der Waals surface area contributed by atoms with Crippen LogP contribution in [0.25, 0.3) is 0 Å². The summed E-state index contributed by atoms with van der Waals surface area (Å²) in [6.45, 7) is 5.58. The molecule has 0 spiro atoms. The molecule has 1 aromatic heterocycles. The van der Waals surface area contributed by atoms with Gasteiger partial charge in [0.15, 0.2) is 0 Å². The lowest BCUT2D eigenvalue weighted by molar-refractivity contribution is -0.116. The van der Waals surface area contributed by atoms with Crippen molar-refractivity contribution in [3.8, 4) is 0 Å². The van der Waals surface area contributed by atoms with Crippen LogP contribution in [-0.4, -0.2) is 48.1 Å². The smallest absolute Gasteiger partial charge is 0.225 e. The maximum atomic E-state index is 11.8. The van der Waals surface area contributed by atoms with Crippen LogP contribution >= 0.6 is 0 Å². The Labute approximate surface area is 114 Å². The van der Waals surface area contributed by atoms with E-state index in [2.05, 4.69) is 22.1 Å². The van der Waals surface area contributed by atoms with Crippen molar-refractivity contribution >= 4 is 11.6 Å². The normalized spacial score (nSPS) is 20.8. The lowest BCUT2D eigenvalue weighted by atomic mass is 10.3. The van der Waals surface area contributed by atoms with Crippen LogP contribution in [0.2, 0.25) is 0 Å². The molecule has 1 fully saturated rings. The van der Waals surface area contributed by atoms with Gasteiger partial charge in [-0.05, 0) is 25.5 Å². The molecule has 104 valence electrons. The fraction of sp³-hybridized carbons (Fsp3) is 0.571. The summed E-state index contributed by atoms with van der Waals surface area (Å²) in [4.78, 5) is 18.1. The highest BCUT2D eigenvalue weighted by atomic mass is 16.5. The first kappa shape index (κ1) is 14.0. The molecule has 0 radical (unpaired) electrons. The minimum Gasteiger partial charge on any atom is -0.377 e. The number of carbonyl (C=O) groups is 1. The summed E-state index contributed by atoms with van der Waals surface area (Å²) in [5, 5.41) is 2.85. The summed E-state index contributed by atoms with van der Waals surface area (Å²) in [6.07, 6.45) is 5.13. The SMILES string of the molecule is C[C@H]1CN(CCC(=O)Nc2cccnc2)CCCO1. The van der Waals surface area contributed by atoms with Crippen molar-refractivity contribution in [3.05, 3.63) is 24.5 Å². The molecule has 1 aliphatic heterocycles. The van der Waals surface area contributed by atoms with Crippen molar-refractivity contribution in [2.45, 2.75) is 25.9 Å². The molecular formula is C14H21N3O2. The molecule has 1 aliphatic rings. The second-order valence-corrected chi connectivity index (χ2v) is 4.88. The quantitative estimate of drug-likeness (QED) is 0.895. The molecule has 2 heterocycles. The zero-order valence-electron chi connectivity index (χ0n) is 11.3. The predicted molar refractivity (Wildman–Crippen MR) is 74.0 cm³/mol. The highest BCUT2D eigenvalue weighted by Crippen LogP contribution is 2.07. The summed E-state index contributed by atoms with van der Waals surface area (Å²) < 4.78 is 5.59. The summed E-state index contributed by atoms with van der Waals surface area (Å²) in [5.41, 5.74) is 0.750. The average Bonchev–Trinajstić information content (AvgIpc) is 2.62. The first-order chi connectivity index (χ1) is 9.24. The molecule has 5 nitrogen and oxygen atoms in total. The van der Waals surface area contributed by atoms with Crippen LogP contribution in [0.15, 0.2) is 24.5 Å². The molecule has 19 heavy (non-hydrogen) atoms. The molecule has 0 unspecified atom stereocenters. The number of hydrogen-bond donors (Lipinski definition) is 1. The van der Waals surface area contributed by atoms with Crippen LogP contribution in [0, 0.1) is 0 Å². The van der Waals surface area contributed by atoms with E-state index < -0.39 is 0 Å². The lowest BCUT2D eigenvalue weighted by Gasteiger charge is -2.21. The second-order valence-electron chi connectivity index (χ2n) is 4.88. The first-order valence-corrected chi connectivity index (χ1v) is 6.78. The monoisotopic (exact) mass is 263 g/mol. The number of carbonyl (C=O) groups excluding carboxylic acids is 1. The fourth-order valence-electron chi connectivity index (χ4n) is 2.20. The van der Waals surface area contributed by atoms with Crippen LogP contribution in [0.4, 0.5) is 5.69 Å². The number of aromatic nitrogens is 1. The largest absolute Gasteiger partial charge is 0.377 e. The van der Waals surface area contributed by atoms with Crippen LogP contribution in [0.3, 0.4) is 0 Å². The Balaban J connectivity index is 1.74. The van der Waals surface area contributed by atoms with Gasteiger partial charge in [-0.25, -0.2) is 0 Å². The van der Waals surface area contributed by atoms with Crippen molar-refractivity contribution < 1.29 is 9.53 Å². The fourth-order valence-corrected chi connectivity index (χ4v) is 2.20. The van der Waals surface area contributed by atoms with Crippen LogP contribution in [-0.2, 0) is 9.53 Å². The van der Waals surface area contributed by atoms with Gasteiger partial charge in [-0.2, -0.15) is 0 Å². The standard InChI is InChI=1S/C14H21N3O2/c1-12-11-17(7-3-9-19-12)8-5-14(18)16-13-4-2-6-15-10-13/h2,4,6,10,12H,3,5,7-9,11H2,1H3,(H,16,18)/t12-/m0/s1. The first-order valence-electron chi connectivity index (χ1n) is 6.78. The number of hydrogen-bond acceptors (Lipinski definition) is 4. The number of amides is 1. The topological polar surface area (TPSA) is 54.5 Å². The summed E-state index contributed by atoms with van der Waals surface area (Å²) in [6, 6.07) is 3.65. The minimum absolute atomic E-state index is 0.0332. The Morgan fingerprint density at radius 3 is 3.32 bits per heavy atom. The van der Waals surface area contributed by atoms with Crippen molar-refractivity contribution in [1.82, 2.24) is 9.88 Å². The Bertz CT molecular complexity index is 397. The highest BCUT2D eigenvalue weighted by Gasteiger charge is 2.15. The third-order valence-electron chi connectivity index (χ3n) is 3.14. The van der Waals surface area contributed by atoms with Gasteiger partial charge in [0.05, 0.1) is 18.0 Å². The molecule has 1 saturated heterocycles. The van der Waals surface area contributed by atoms with E-state index in [0.717, 1.165) is 38.3 Å². The molecule has 0 bridgehead atoms. The van der Waals surface area contributed by atoms with E-state index in [1.165, 1.54) is 0 Å². The highest BCUT2D eigenvalue weighted by molar-refractivity contribution is 5.90. The van der Waals surface area contributed by atoms with E-state index in [-0.39, 0.29) is 12.0 Å². The average molecular weight is 263 g/mol. The van der Waals surface area contributed by atoms with E-state index in [1.807, 2.05) is 12.1 Å². The Morgan fingerprint density at radius 2 is 2.53 bits per heavy atom. The van der Waals surface area contributed by atoms with Gasteiger partial charge >= 0.3 is 0 Å². The summed E-state index contributed by atoms with van der Waals surface area (Å²) >= 11 is 0. The van der Waals surface area contributed by atoms with Gasteiger partial charge < -0.3 is 15.0 Å². The Hall–Kier alpha value is -1.46. The van der Waals surface area contributed by atoms with Gasteiger partial charge in [-0.1, -0.05) is 0 Å². The number of pyridine rings is 1. The van der Waals surface area contributed by atoms with Gasteiger partial charge in [0.25, 0.3) is 0 Å². The van der Waals surface area contributed by atoms with E-state index in [4.69, 9.17) is 4.74 Å². The molecule has 1 aromatic rings. The van der Waals surface area contributed by atoms with Gasteiger partial charge in [0, 0.05) is 38.9 Å². The molecule has 1 N–H and O–H groups in total. The molecular weight excluding hydrogens is 242 g/mol. The molecule has 0 aromatic carbocycles. The number of anilines is 1. The third kappa shape index (κ3) is 4.96. The van der Waals surface area contributed by atoms with Crippen LogP contribution in [0.5, 0.6) is 0 Å². The van der Waals surface area contributed by atoms with Crippen molar-refractivity contribution in [1.29, 1.82) is 0 Å². The predicted octanol–water partition coefficient (Wildman–Crippen LogP) is 1.52. The maximum absolute atomic E-state index is 11.8. The summed E-state index contributed by atoms with van der Waals surface area (Å²) in [5.74, 6) is 0.0332. The van der Waals surface area contributed by atoms with Gasteiger partial charge in [-0.3, -0.25) is 9.78 Å². The maximum Gasteiger partial charge on any atom is 0.225 e.